The van der Waals surface area contributed by atoms with E-state index in [0.29, 0.717) is 42.5 Å². The highest BCUT2D eigenvalue weighted by Crippen LogP contribution is 2.28. The van der Waals surface area contributed by atoms with Crippen LogP contribution >= 0.6 is 11.8 Å². The van der Waals surface area contributed by atoms with Gasteiger partial charge in [-0.1, -0.05) is 42.1 Å². The van der Waals surface area contributed by atoms with Crippen molar-refractivity contribution < 1.29 is 18.7 Å². The molecule has 1 aliphatic heterocycles. The molecule has 0 spiro atoms. The molecule has 32 heavy (non-hydrogen) atoms. The first-order valence-electron chi connectivity index (χ1n) is 10.2. The molecule has 4 rings (SSSR count). The van der Waals surface area contributed by atoms with E-state index in [4.69, 9.17) is 4.74 Å². The number of rotatable bonds is 6. The smallest absolute Gasteiger partial charge is 0.341 e. The van der Waals surface area contributed by atoms with Crippen molar-refractivity contribution in [2.75, 3.05) is 37.7 Å². The maximum absolute atomic E-state index is 14.0. The van der Waals surface area contributed by atoms with E-state index in [9.17, 15) is 14.0 Å². The normalized spacial score (nSPS) is 13.7. The molecule has 1 fully saturated rings. The lowest BCUT2D eigenvalue weighted by Gasteiger charge is -2.36. The molecule has 0 saturated carbocycles. The first kappa shape index (κ1) is 21.8. The first-order chi connectivity index (χ1) is 15.6. The molecule has 0 bridgehead atoms. The number of ether oxygens (including phenoxy) is 1. The molecule has 0 unspecified atom stereocenters. The summed E-state index contributed by atoms with van der Waals surface area (Å²) in [4.78, 5) is 34.0. The van der Waals surface area contributed by atoms with Gasteiger partial charge in [0.2, 0.25) is 0 Å². The zero-order chi connectivity index (χ0) is 22.3. The number of carbonyl (C=O) groups is 2. The number of amides is 1. The maximum atomic E-state index is 14.0. The topological polar surface area (TPSA) is 62.7 Å². The predicted octanol–water partition coefficient (Wildman–Crippen LogP) is 3.88. The highest BCUT2D eigenvalue weighted by atomic mass is 32.2. The number of aromatic nitrogens is 1. The highest BCUT2D eigenvalue weighted by Gasteiger charge is 2.24. The molecule has 1 saturated heterocycles. The third kappa shape index (κ3) is 5.26. The van der Waals surface area contributed by atoms with Crippen molar-refractivity contribution in [2.45, 2.75) is 9.92 Å². The lowest BCUT2D eigenvalue weighted by molar-refractivity contribution is -0.134. The van der Waals surface area contributed by atoms with Crippen LogP contribution in [0.15, 0.2) is 82.8 Å². The van der Waals surface area contributed by atoms with Gasteiger partial charge in [0.25, 0.3) is 5.91 Å². The molecule has 1 aliphatic rings. The number of piperazine rings is 1. The van der Waals surface area contributed by atoms with E-state index in [2.05, 4.69) is 4.98 Å². The first-order valence-corrected chi connectivity index (χ1v) is 11.1. The van der Waals surface area contributed by atoms with Gasteiger partial charge in [-0.3, -0.25) is 4.79 Å². The zero-order valence-electron chi connectivity index (χ0n) is 17.3. The molecule has 0 atom stereocenters. The van der Waals surface area contributed by atoms with Crippen LogP contribution in [-0.2, 0) is 9.53 Å². The lowest BCUT2D eigenvalue weighted by atomic mass is 10.2. The largest absolute Gasteiger partial charge is 0.452 e. The van der Waals surface area contributed by atoms with Crippen molar-refractivity contribution in [3.63, 3.8) is 0 Å². The van der Waals surface area contributed by atoms with Gasteiger partial charge in [0.05, 0.1) is 11.3 Å². The molecule has 1 aromatic heterocycles. The molecule has 0 aliphatic carbocycles. The zero-order valence-corrected chi connectivity index (χ0v) is 18.1. The lowest BCUT2D eigenvalue weighted by Crippen LogP contribution is -2.50. The fraction of sp³-hybridized carbons (Fsp3) is 0.208. The number of para-hydroxylation sites is 1. The van der Waals surface area contributed by atoms with E-state index in [1.807, 2.05) is 35.2 Å². The van der Waals surface area contributed by atoms with Gasteiger partial charge < -0.3 is 14.5 Å². The molecular formula is C24H22FN3O3S. The number of hydrogen-bond acceptors (Lipinski definition) is 6. The van der Waals surface area contributed by atoms with E-state index in [-0.39, 0.29) is 18.3 Å². The van der Waals surface area contributed by atoms with Crippen LogP contribution in [0.3, 0.4) is 0 Å². The summed E-state index contributed by atoms with van der Waals surface area (Å²) in [5.74, 6) is -1.13. The summed E-state index contributed by atoms with van der Waals surface area (Å²) < 4.78 is 19.3. The van der Waals surface area contributed by atoms with Gasteiger partial charge in [-0.25, -0.2) is 14.2 Å². The molecule has 1 amide bonds. The Morgan fingerprint density at radius 3 is 2.41 bits per heavy atom. The van der Waals surface area contributed by atoms with Gasteiger partial charge in [-0.05, 0) is 36.4 Å². The summed E-state index contributed by atoms with van der Waals surface area (Å²) in [5, 5.41) is 0.523. The van der Waals surface area contributed by atoms with Crippen LogP contribution in [0.1, 0.15) is 10.4 Å². The number of pyridine rings is 1. The SMILES string of the molecule is O=C(OCC(=O)N1CCN(c2ccccc2F)CC1)c1cccnc1Sc1ccccc1. The van der Waals surface area contributed by atoms with E-state index in [1.165, 1.54) is 17.8 Å². The Morgan fingerprint density at radius 1 is 0.938 bits per heavy atom. The van der Waals surface area contributed by atoms with Gasteiger partial charge >= 0.3 is 5.97 Å². The van der Waals surface area contributed by atoms with Crippen LogP contribution in [0, 0.1) is 5.82 Å². The number of esters is 1. The fourth-order valence-electron chi connectivity index (χ4n) is 3.43. The molecule has 6 nitrogen and oxygen atoms in total. The van der Waals surface area contributed by atoms with Crippen molar-refractivity contribution in [2.24, 2.45) is 0 Å². The third-order valence-corrected chi connectivity index (χ3v) is 6.13. The second-order valence-electron chi connectivity index (χ2n) is 7.17. The Labute approximate surface area is 190 Å². The van der Waals surface area contributed by atoms with Crippen molar-refractivity contribution in [3.8, 4) is 0 Å². The number of nitrogens with zero attached hydrogens (tertiary/aromatic N) is 3. The molecule has 3 aromatic rings. The Morgan fingerprint density at radius 2 is 1.66 bits per heavy atom. The second kappa shape index (κ2) is 10.3. The summed E-state index contributed by atoms with van der Waals surface area (Å²) in [6.45, 7) is 1.56. The van der Waals surface area contributed by atoms with Crippen LogP contribution < -0.4 is 4.90 Å². The van der Waals surface area contributed by atoms with Gasteiger partial charge in [-0.15, -0.1) is 0 Å². The molecule has 164 valence electrons. The Kier molecular flexibility index (Phi) is 7.01. The second-order valence-corrected chi connectivity index (χ2v) is 8.23. The average molecular weight is 452 g/mol. The van der Waals surface area contributed by atoms with Gasteiger partial charge in [0, 0.05) is 37.3 Å². The van der Waals surface area contributed by atoms with Crippen LogP contribution in [-0.4, -0.2) is 54.5 Å². The summed E-state index contributed by atoms with van der Waals surface area (Å²) in [6, 6.07) is 19.5. The van der Waals surface area contributed by atoms with Crippen LogP contribution in [0.4, 0.5) is 10.1 Å². The van der Waals surface area contributed by atoms with Crippen molar-refractivity contribution in [1.82, 2.24) is 9.88 Å². The predicted molar refractivity (Wildman–Crippen MR) is 120 cm³/mol. The monoisotopic (exact) mass is 451 g/mol. The van der Waals surface area contributed by atoms with Crippen molar-refractivity contribution in [1.29, 1.82) is 0 Å². The minimum absolute atomic E-state index is 0.271. The molecule has 0 N–H and O–H groups in total. The van der Waals surface area contributed by atoms with E-state index in [1.54, 1.807) is 41.4 Å². The Balaban J connectivity index is 1.31. The highest BCUT2D eigenvalue weighted by molar-refractivity contribution is 7.99. The number of anilines is 1. The van der Waals surface area contributed by atoms with E-state index in [0.717, 1.165) is 4.90 Å². The maximum Gasteiger partial charge on any atom is 0.341 e. The van der Waals surface area contributed by atoms with Crippen molar-refractivity contribution >= 4 is 29.3 Å². The third-order valence-electron chi connectivity index (χ3n) is 5.10. The van der Waals surface area contributed by atoms with Crippen LogP contribution in [0.5, 0.6) is 0 Å². The number of halogens is 1. The minimum atomic E-state index is -0.588. The standard InChI is InChI=1S/C24H22FN3O3S/c25-20-10-4-5-11-21(20)27-13-15-28(16-14-27)22(29)17-31-24(30)19-9-6-12-26-23(19)32-18-7-2-1-3-8-18/h1-12H,13-17H2. The minimum Gasteiger partial charge on any atom is -0.452 e. The number of carbonyl (C=O) groups excluding carboxylic acids is 2. The summed E-state index contributed by atoms with van der Waals surface area (Å²) in [5.41, 5.74) is 0.851. The summed E-state index contributed by atoms with van der Waals surface area (Å²) in [6.07, 6.45) is 1.61. The Hall–Kier alpha value is -3.39. The summed E-state index contributed by atoms with van der Waals surface area (Å²) in [7, 11) is 0. The quantitative estimate of drug-likeness (QED) is 0.530. The number of benzene rings is 2. The summed E-state index contributed by atoms with van der Waals surface area (Å²) >= 11 is 1.36. The molecule has 2 aromatic carbocycles. The molecule has 2 heterocycles. The molecular weight excluding hydrogens is 429 g/mol. The molecule has 0 radical (unpaired) electrons. The Bertz CT molecular complexity index is 1090. The fourth-order valence-corrected chi connectivity index (χ4v) is 4.32. The van der Waals surface area contributed by atoms with Crippen LogP contribution in [0.25, 0.3) is 0 Å². The van der Waals surface area contributed by atoms with E-state index >= 15 is 0 Å². The number of hydrogen-bond donors (Lipinski definition) is 0. The average Bonchev–Trinajstić information content (AvgIpc) is 2.84. The van der Waals surface area contributed by atoms with Crippen molar-refractivity contribution in [3.05, 3.63) is 84.3 Å². The molecule has 8 heteroatoms. The van der Waals surface area contributed by atoms with Crippen LogP contribution in [0.2, 0.25) is 0 Å². The van der Waals surface area contributed by atoms with Gasteiger partial charge in [0.1, 0.15) is 10.8 Å². The van der Waals surface area contributed by atoms with Gasteiger partial charge in [-0.2, -0.15) is 0 Å². The van der Waals surface area contributed by atoms with E-state index < -0.39 is 5.97 Å². The van der Waals surface area contributed by atoms with Gasteiger partial charge in [0.15, 0.2) is 6.61 Å².